The molecule has 0 bridgehead atoms. The van der Waals surface area contributed by atoms with Crippen LogP contribution in [-0.2, 0) is 6.42 Å². The third-order valence-electron chi connectivity index (χ3n) is 4.75. The van der Waals surface area contributed by atoms with Gasteiger partial charge in [-0.2, -0.15) is 4.98 Å². The Labute approximate surface area is 183 Å². The van der Waals surface area contributed by atoms with Crippen molar-refractivity contribution in [2.45, 2.75) is 6.42 Å². The molecule has 156 valence electrons. The molecule has 0 aliphatic heterocycles. The van der Waals surface area contributed by atoms with Gasteiger partial charge in [-0.25, -0.2) is 9.31 Å². The lowest BCUT2D eigenvalue weighted by Crippen LogP contribution is -2.30. The van der Waals surface area contributed by atoms with E-state index in [1.54, 1.807) is 34.1 Å². The molecule has 0 spiro atoms. The molecule has 4 aromatic heterocycles. The molecule has 0 aliphatic carbocycles. The predicted molar refractivity (Wildman–Crippen MR) is 119 cm³/mol. The van der Waals surface area contributed by atoms with Crippen molar-refractivity contribution in [1.82, 2.24) is 19.9 Å². The molecule has 5 rings (SSSR count). The molecule has 1 amide bonds. The Morgan fingerprint density at radius 1 is 1.26 bits per heavy atom. The summed E-state index contributed by atoms with van der Waals surface area (Å²) in [6, 6.07) is 10.7. The maximum absolute atomic E-state index is 12.6. The van der Waals surface area contributed by atoms with E-state index in [4.69, 9.17) is 9.15 Å². The van der Waals surface area contributed by atoms with Gasteiger partial charge in [-0.05, 0) is 23.6 Å². The standard InChI is InChI=1S/C21H16N4O4S2/c1-28-15-5-2-4-12-10-14(20(27)29-17(12)15)19(26)22-8-7-13-11-31-21-23-18(24-25(13)21)16-6-3-9-30-16/h2-6,9-11H,7-8H2,1H3,(H,22,26). The van der Waals surface area contributed by atoms with Crippen LogP contribution in [0.5, 0.6) is 5.75 Å². The third-order valence-corrected chi connectivity index (χ3v) is 6.48. The molecule has 0 fully saturated rings. The Morgan fingerprint density at radius 3 is 2.97 bits per heavy atom. The molecule has 1 N–H and O–H groups in total. The molecule has 5 aromatic rings. The summed E-state index contributed by atoms with van der Waals surface area (Å²) in [5.41, 5.74) is 0.507. The number of fused-ring (bicyclic) bond motifs is 2. The number of nitrogens with zero attached hydrogens (tertiary/aromatic N) is 3. The minimum Gasteiger partial charge on any atom is -0.493 e. The van der Waals surface area contributed by atoms with Crippen LogP contribution in [-0.4, -0.2) is 34.2 Å². The van der Waals surface area contributed by atoms with Crippen molar-refractivity contribution < 1.29 is 13.9 Å². The van der Waals surface area contributed by atoms with Gasteiger partial charge in [0.15, 0.2) is 17.2 Å². The van der Waals surface area contributed by atoms with Crippen LogP contribution < -0.4 is 15.7 Å². The third kappa shape index (κ3) is 3.60. The van der Waals surface area contributed by atoms with E-state index < -0.39 is 11.5 Å². The van der Waals surface area contributed by atoms with Gasteiger partial charge in [0.05, 0.1) is 17.7 Å². The summed E-state index contributed by atoms with van der Waals surface area (Å²) in [5, 5.41) is 11.9. The SMILES string of the molecule is COc1cccc2cc(C(=O)NCCc3csc4nc(-c5cccs5)nn34)c(=O)oc12. The summed E-state index contributed by atoms with van der Waals surface area (Å²) in [6.07, 6.45) is 0.547. The second-order valence-corrected chi connectivity index (χ2v) is 8.45. The fourth-order valence-corrected chi connectivity index (χ4v) is 4.75. The highest BCUT2D eigenvalue weighted by Crippen LogP contribution is 2.25. The first-order valence-corrected chi connectivity index (χ1v) is 11.2. The van der Waals surface area contributed by atoms with Crippen molar-refractivity contribution in [1.29, 1.82) is 0 Å². The van der Waals surface area contributed by atoms with Crippen LogP contribution >= 0.6 is 22.7 Å². The van der Waals surface area contributed by atoms with Gasteiger partial charge in [0, 0.05) is 23.7 Å². The molecule has 31 heavy (non-hydrogen) atoms. The van der Waals surface area contributed by atoms with Gasteiger partial charge in [0.25, 0.3) is 5.91 Å². The number of ether oxygens (including phenoxy) is 1. The number of hydrogen-bond donors (Lipinski definition) is 1. The van der Waals surface area contributed by atoms with Crippen molar-refractivity contribution in [2.75, 3.05) is 13.7 Å². The lowest BCUT2D eigenvalue weighted by atomic mass is 10.1. The first kappa shape index (κ1) is 19.5. The Balaban J connectivity index is 1.31. The fraction of sp³-hybridized carbons (Fsp3) is 0.143. The van der Waals surface area contributed by atoms with Gasteiger partial charge in [-0.3, -0.25) is 4.79 Å². The molecular formula is C21H16N4O4S2. The Kier molecular flexibility index (Phi) is 5.00. The minimum atomic E-state index is -0.704. The lowest BCUT2D eigenvalue weighted by Gasteiger charge is -2.07. The van der Waals surface area contributed by atoms with E-state index in [1.807, 2.05) is 22.9 Å². The van der Waals surface area contributed by atoms with Crippen LogP contribution in [0, 0.1) is 0 Å². The molecule has 1 aromatic carbocycles. The number of thiazole rings is 1. The van der Waals surface area contributed by atoms with Crippen molar-refractivity contribution in [3.8, 4) is 16.5 Å². The summed E-state index contributed by atoms with van der Waals surface area (Å²) in [7, 11) is 1.50. The van der Waals surface area contributed by atoms with Crippen LogP contribution in [0.4, 0.5) is 0 Å². The largest absolute Gasteiger partial charge is 0.493 e. The molecule has 0 radical (unpaired) electrons. The zero-order valence-corrected chi connectivity index (χ0v) is 18.0. The number of carbonyl (C=O) groups is 1. The smallest absolute Gasteiger partial charge is 0.349 e. The molecule has 0 saturated carbocycles. The van der Waals surface area contributed by atoms with Gasteiger partial charge in [0.1, 0.15) is 5.56 Å². The lowest BCUT2D eigenvalue weighted by molar-refractivity contribution is 0.0950. The van der Waals surface area contributed by atoms with Crippen LogP contribution in [0.3, 0.4) is 0 Å². The number of carbonyl (C=O) groups excluding carboxylic acids is 1. The van der Waals surface area contributed by atoms with Crippen molar-refractivity contribution >= 4 is 44.5 Å². The highest BCUT2D eigenvalue weighted by molar-refractivity contribution is 7.15. The zero-order chi connectivity index (χ0) is 21.4. The summed E-state index contributed by atoms with van der Waals surface area (Å²) in [4.78, 5) is 31.3. The molecule has 0 unspecified atom stereocenters. The second kappa shape index (κ2) is 7.97. The van der Waals surface area contributed by atoms with E-state index in [1.165, 1.54) is 24.5 Å². The number of para-hydroxylation sites is 1. The van der Waals surface area contributed by atoms with E-state index in [-0.39, 0.29) is 5.56 Å². The predicted octanol–water partition coefficient (Wildman–Crippen LogP) is 3.61. The number of methoxy groups -OCH3 is 1. The highest BCUT2D eigenvalue weighted by atomic mass is 32.1. The number of thiophene rings is 1. The van der Waals surface area contributed by atoms with Gasteiger partial charge >= 0.3 is 5.63 Å². The van der Waals surface area contributed by atoms with Crippen LogP contribution in [0.25, 0.3) is 26.6 Å². The number of amides is 1. The number of hydrogen-bond acceptors (Lipinski definition) is 8. The summed E-state index contributed by atoms with van der Waals surface area (Å²) >= 11 is 3.09. The summed E-state index contributed by atoms with van der Waals surface area (Å²) in [6.45, 7) is 0.342. The number of nitrogens with one attached hydrogen (secondary N) is 1. The van der Waals surface area contributed by atoms with Crippen molar-refractivity contribution in [3.05, 3.63) is 68.8 Å². The molecule has 8 nitrogen and oxygen atoms in total. The van der Waals surface area contributed by atoms with Crippen LogP contribution in [0.1, 0.15) is 16.1 Å². The van der Waals surface area contributed by atoms with Gasteiger partial charge in [-0.15, -0.1) is 27.8 Å². The Morgan fingerprint density at radius 2 is 2.16 bits per heavy atom. The normalized spacial score (nSPS) is 11.3. The first-order chi connectivity index (χ1) is 15.1. The van der Waals surface area contributed by atoms with Gasteiger partial charge < -0.3 is 14.5 Å². The van der Waals surface area contributed by atoms with E-state index in [2.05, 4.69) is 15.4 Å². The maximum Gasteiger partial charge on any atom is 0.349 e. The van der Waals surface area contributed by atoms with Crippen LogP contribution in [0.2, 0.25) is 0 Å². The molecule has 0 atom stereocenters. The van der Waals surface area contributed by atoms with E-state index >= 15 is 0 Å². The first-order valence-electron chi connectivity index (χ1n) is 9.40. The average Bonchev–Trinajstić information content (AvgIpc) is 3.51. The monoisotopic (exact) mass is 452 g/mol. The quantitative estimate of drug-likeness (QED) is 0.395. The zero-order valence-electron chi connectivity index (χ0n) is 16.3. The molecule has 10 heteroatoms. The fourth-order valence-electron chi connectivity index (χ4n) is 3.24. The Bertz CT molecular complexity index is 1450. The van der Waals surface area contributed by atoms with Crippen molar-refractivity contribution in [3.63, 3.8) is 0 Å². The summed E-state index contributed by atoms with van der Waals surface area (Å²) < 4.78 is 12.3. The van der Waals surface area contributed by atoms with E-state index in [0.29, 0.717) is 35.5 Å². The van der Waals surface area contributed by atoms with Gasteiger partial charge in [-0.1, -0.05) is 18.2 Å². The molecular weight excluding hydrogens is 436 g/mol. The van der Waals surface area contributed by atoms with E-state index in [0.717, 1.165) is 15.5 Å². The Hall–Kier alpha value is -3.50. The topological polar surface area (TPSA) is 98.7 Å². The number of benzene rings is 1. The molecule has 4 heterocycles. The summed E-state index contributed by atoms with van der Waals surface area (Å²) in [5.74, 6) is 0.650. The number of rotatable bonds is 6. The minimum absolute atomic E-state index is 0.0445. The molecule has 0 saturated heterocycles. The molecule has 0 aliphatic rings. The van der Waals surface area contributed by atoms with E-state index in [9.17, 15) is 9.59 Å². The maximum atomic E-state index is 12.6. The van der Waals surface area contributed by atoms with Crippen molar-refractivity contribution in [2.24, 2.45) is 0 Å². The second-order valence-electron chi connectivity index (χ2n) is 6.67. The highest BCUT2D eigenvalue weighted by Gasteiger charge is 2.16. The average molecular weight is 453 g/mol. The number of aromatic nitrogens is 3. The van der Waals surface area contributed by atoms with Gasteiger partial charge in [0.2, 0.25) is 4.96 Å². The van der Waals surface area contributed by atoms with Crippen LogP contribution in [0.15, 0.2) is 56.4 Å².